The maximum absolute atomic E-state index is 10.9. The third-order valence-corrected chi connectivity index (χ3v) is 5.22. The van der Waals surface area contributed by atoms with Gasteiger partial charge in [0.15, 0.2) is 0 Å². The molecular formula is C33H18O3. The molecule has 3 nitrogen and oxygen atoms in total. The number of carbonyl (C=O) groups excluding carboxylic acids is 3. The topological polar surface area (TPSA) is 51.2 Å². The van der Waals surface area contributed by atoms with Gasteiger partial charge in [-0.3, -0.25) is 14.4 Å². The van der Waals surface area contributed by atoms with E-state index in [2.05, 4.69) is 35.5 Å². The molecule has 0 aromatic heterocycles. The van der Waals surface area contributed by atoms with Crippen molar-refractivity contribution < 1.29 is 14.4 Å². The van der Waals surface area contributed by atoms with E-state index < -0.39 is 0 Å². The first-order valence-corrected chi connectivity index (χ1v) is 11.0. The zero-order valence-electron chi connectivity index (χ0n) is 19.1. The number of aldehydes is 3. The molecular weight excluding hydrogens is 444 g/mol. The Bertz CT molecular complexity index is 1520. The molecule has 0 aliphatic heterocycles. The third kappa shape index (κ3) is 6.12. The molecule has 0 radical (unpaired) electrons. The van der Waals surface area contributed by atoms with Crippen LogP contribution in [0.5, 0.6) is 0 Å². The molecule has 0 unspecified atom stereocenters. The van der Waals surface area contributed by atoms with E-state index in [0.29, 0.717) is 22.3 Å². The highest BCUT2D eigenvalue weighted by molar-refractivity contribution is 5.76. The smallest absolute Gasteiger partial charge is 0.150 e. The van der Waals surface area contributed by atoms with Gasteiger partial charge in [-0.05, 0) is 48.5 Å². The average Bonchev–Trinajstić information content (AvgIpc) is 2.95. The monoisotopic (exact) mass is 462 g/mol. The van der Waals surface area contributed by atoms with Crippen molar-refractivity contribution >= 4 is 18.9 Å². The van der Waals surface area contributed by atoms with Gasteiger partial charge in [-0.2, -0.15) is 0 Å². The molecule has 36 heavy (non-hydrogen) atoms. The Morgan fingerprint density at radius 1 is 0.389 bits per heavy atom. The second kappa shape index (κ2) is 11.6. The minimum absolute atomic E-state index is 0.583. The lowest BCUT2D eigenvalue weighted by Gasteiger charge is -2.01. The molecule has 0 atom stereocenters. The first kappa shape index (κ1) is 23.7. The summed E-state index contributed by atoms with van der Waals surface area (Å²) in [6.07, 6.45) is 2.38. The molecule has 0 bridgehead atoms. The Balaban J connectivity index is 1.76. The average molecular weight is 463 g/mol. The SMILES string of the molecule is O=Cc1ccc(C#Cc2cccc(C#Cc3ccc(C=O)cc3)c2C#Cc2ccc(C=O)cc2)cc1. The van der Waals surface area contributed by atoms with Crippen LogP contribution in [-0.2, 0) is 0 Å². The summed E-state index contributed by atoms with van der Waals surface area (Å²) in [6.45, 7) is 0. The van der Waals surface area contributed by atoms with E-state index in [0.717, 1.165) is 46.7 Å². The molecule has 0 saturated heterocycles. The number of benzene rings is 4. The van der Waals surface area contributed by atoms with E-state index in [1.165, 1.54) is 0 Å². The van der Waals surface area contributed by atoms with Gasteiger partial charge in [0.25, 0.3) is 0 Å². The number of hydrogen-bond donors (Lipinski definition) is 0. The van der Waals surface area contributed by atoms with Crippen LogP contribution < -0.4 is 0 Å². The lowest BCUT2D eigenvalue weighted by Crippen LogP contribution is -1.91. The standard InChI is InChI=1S/C33H18O3/c34-22-28-10-4-25(5-11-28)16-19-31-2-1-3-32(20-17-26-6-12-29(23-35)13-7-26)33(31)21-18-27-8-14-30(24-36)15-9-27/h1-15,22-24H. The summed E-state index contributed by atoms with van der Waals surface area (Å²) >= 11 is 0. The van der Waals surface area contributed by atoms with Crippen LogP contribution in [-0.4, -0.2) is 18.9 Å². The molecule has 4 aromatic carbocycles. The number of rotatable bonds is 3. The Morgan fingerprint density at radius 3 is 1.06 bits per heavy atom. The summed E-state index contributed by atoms with van der Waals surface area (Å²) in [5.41, 5.74) is 6.19. The van der Waals surface area contributed by atoms with Gasteiger partial charge in [-0.15, -0.1) is 0 Å². The van der Waals surface area contributed by atoms with Gasteiger partial charge in [-0.1, -0.05) is 78.0 Å². The molecule has 4 rings (SSSR count). The van der Waals surface area contributed by atoms with Gasteiger partial charge in [0.1, 0.15) is 18.9 Å². The summed E-state index contributed by atoms with van der Waals surface area (Å²) < 4.78 is 0. The molecule has 0 amide bonds. The largest absolute Gasteiger partial charge is 0.298 e. The molecule has 0 heterocycles. The highest BCUT2D eigenvalue weighted by Crippen LogP contribution is 2.14. The fourth-order valence-electron chi connectivity index (χ4n) is 3.24. The molecule has 0 aliphatic carbocycles. The van der Waals surface area contributed by atoms with Crippen molar-refractivity contribution in [1.82, 2.24) is 0 Å². The predicted molar refractivity (Wildman–Crippen MR) is 140 cm³/mol. The summed E-state index contributed by atoms with van der Waals surface area (Å²) in [4.78, 5) is 32.7. The van der Waals surface area contributed by atoms with Crippen LogP contribution in [0.1, 0.15) is 64.5 Å². The van der Waals surface area contributed by atoms with Crippen molar-refractivity contribution in [2.24, 2.45) is 0 Å². The van der Waals surface area contributed by atoms with Crippen molar-refractivity contribution in [1.29, 1.82) is 0 Å². The van der Waals surface area contributed by atoms with Crippen molar-refractivity contribution in [3.63, 3.8) is 0 Å². The van der Waals surface area contributed by atoms with Crippen LogP contribution in [0.2, 0.25) is 0 Å². The van der Waals surface area contributed by atoms with E-state index in [-0.39, 0.29) is 0 Å². The normalized spacial score (nSPS) is 9.33. The quantitative estimate of drug-likeness (QED) is 0.306. The highest BCUT2D eigenvalue weighted by atomic mass is 16.1. The minimum atomic E-state index is 0.583. The fourth-order valence-corrected chi connectivity index (χ4v) is 3.24. The van der Waals surface area contributed by atoms with Crippen molar-refractivity contribution in [3.8, 4) is 35.5 Å². The van der Waals surface area contributed by atoms with Crippen LogP contribution in [0.4, 0.5) is 0 Å². The van der Waals surface area contributed by atoms with Gasteiger partial charge in [0, 0.05) is 44.5 Å². The van der Waals surface area contributed by atoms with Gasteiger partial charge in [0.05, 0.1) is 5.56 Å². The van der Waals surface area contributed by atoms with Crippen LogP contribution in [0.3, 0.4) is 0 Å². The summed E-state index contributed by atoms with van der Waals surface area (Å²) in [5.74, 6) is 19.0. The van der Waals surface area contributed by atoms with Gasteiger partial charge in [0.2, 0.25) is 0 Å². The summed E-state index contributed by atoms with van der Waals surface area (Å²) in [6, 6.07) is 26.7. The van der Waals surface area contributed by atoms with Crippen molar-refractivity contribution in [2.45, 2.75) is 0 Å². The van der Waals surface area contributed by atoms with Crippen molar-refractivity contribution in [3.05, 3.63) is 141 Å². The summed E-state index contributed by atoms with van der Waals surface area (Å²) in [5, 5.41) is 0. The lowest BCUT2D eigenvalue weighted by atomic mass is 10.00. The second-order valence-corrected chi connectivity index (χ2v) is 7.70. The zero-order valence-corrected chi connectivity index (χ0v) is 19.1. The van der Waals surface area contributed by atoms with Gasteiger partial charge >= 0.3 is 0 Å². The molecule has 3 heteroatoms. The van der Waals surface area contributed by atoms with E-state index >= 15 is 0 Å². The number of hydrogen-bond acceptors (Lipinski definition) is 3. The van der Waals surface area contributed by atoms with Crippen LogP contribution in [0.25, 0.3) is 0 Å². The Kier molecular flexibility index (Phi) is 7.66. The predicted octanol–water partition coefficient (Wildman–Crippen LogP) is 5.32. The lowest BCUT2D eigenvalue weighted by molar-refractivity contribution is 0.111. The van der Waals surface area contributed by atoms with E-state index in [1.54, 1.807) is 72.8 Å². The van der Waals surface area contributed by atoms with E-state index in [4.69, 9.17) is 0 Å². The first-order chi connectivity index (χ1) is 17.7. The molecule has 0 fully saturated rings. The zero-order chi connectivity index (χ0) is 25.2. The van der Waals surface area contributed by atoms with E-state index in [1.807, 2.05) is 18.2 Å². The number of carbonyl (C=O) groups is 3. The molecule has 168 valence electrons. The molecule has 0 aliphatic rings. The van der Waals surface area contributed by atoms with Crippen molar-refractivity contribution in [2.75, 3.05) is 0 Å². The maximum atomic E-state index is 10.9. The molecule has 4 aromatic rings. The van der Waals surface area contributed by atoms with Gasteiger partial charge in [-0.25, -0.2) is 0 Å². The van der Waals surface area contributed by atoms with Gasteiger partial charge < -0.3 is 0 Å². The minimum Gasteiger partial charge on any atom is -0.298 e. The molecule has 0 saturated carbocycles. The Labute approximate surface area is 209 Å². The van der Waals surface area contributed by atoms with Crippen LogP contribution >= 0.6 is 0 Å². The molecule has 0 N–H and O–H groups in total. The first-order valence-electron chi connectivity index (χ1n) is 11.0. The Morgan fingerprint density at radius 2 is 0.722 bits per heavy atom. The molecule has 0 spiro atoms. The van der Waals surface area contributed by atoms with Crippen LogP contribution in [0.15, 0.2) is 91.0 Å². The summed E-state index contributed by atoms with van der Waals surface area (Å²) in [7, 11) is 0. The highest BCUT2D eigenvalue weighted by Gasteiger charge is 2.04. The second-order valence-electron chi connectivity index (χ2n) is 7.70. The maximum Gasteiger partial charge on any atom is 0.150 e. The van der Waals surface area contributed by atoms with Crippen LogP contribution in [0, 0.1) is 35.5 Å². The Hall–Kier alpha value is -5.43. The fraction of sp³-hybridized carbons (Fsp3) is 0. The third-order valence-electron chi connectivity index (χ3n) is 5.22. The van der Waals surface area contributed by atoms with E-state index in [9.17, 15) is 14.4 Å².